The van der Waals surface area contributed by atoms with E-state index < -0.39 is 0 Å². The van der Waals surface area contributed by atoms with E-state index in [-0.39, 0.29) is 12.4 Å². The van der Waals surface area contributed by atoms with Gasteiger partial charge in [-0.3, -0.25) is 4.79 Å². The lowest BCUT2D eigenvalue weighted by Gasteiger charge is -2.14. The van der Waals surface area contributed by atoms with Crippen molar-refractivity contribution < 1.29 is 9.53 Å². The summed E-state index contributed by atoms with van der Waals surface area (Å²) in [4.78, 5) is 11.6. The Morgan fingerprint density at radius 2 is 1.79 bits per heavy atom. The maximum atomic E-state index is 11.6. The van der Waals surface area contributed by atoms with E-state index in [9.17, 15) is 4.79 Å². The number of carbonyl (C=O) groups excluding carboxylic acids is 1. The second-order valence-corrected chi connectivity index (χ2v) is 6.13. The first-order chi connectivity index (χ1) is 11.4. The standard InChI is InChI=1S/C20H26N2O2/c1-5-24-20(23)10-16-6-7-17(11-19(16)21)22-12-18-14(3)8-13(2)9-15(18)4/h6-9,11,22H,5,10,12,21H2,1-4H3. The fraction of sp³-hybridized carbons (Fsp3) is 0.350. The summed E-state index contributed by atoms with van der Waals surface area (Å²) in [6.45, 7) is 9.30. The van der Waals surface area contributed by atoms with Crippen LogP contribution in [0.2, 0.25) is 0 Å². The van der Waals surface area contributed by atoms with Crippen molar-refractivity contribution in [1.82, 2.24) is 0 Å². The average Bonchev–Trinajstić information content (AvgIpc) is 2.49. The van der Waals surface area contributed by atoms with E-state index in [4.69, 9.17) is 10.5 Å². The molecule has 24 heavy (non-hydrogen) atoms. The summed E-state index contributed by atoms with van der Waals surface area (Å²) in [5.74, 6) is -0.254. The summed E-state index contributed by atoms with van der Waals surface area (Å²) in [6, 6.07) is 10.1. The number of rotatable bonds is 6. The van der Waals surface area contributed by atoms with Gasteiger partial charge in [-0.15, -0.1) is 0 Å². The Morgan fingerprint density at radius 3 is 2.38 bits per heavy atom. The van der Waals surface area contributed by atoms with E-state index >= 15 is 0 Å². The largest absolute Gasteiger partial charge is 0.466 e. The molecule has 0 atom stereocenters. The van der Waals surface area contributed by atoms with Crippen LogP contribution in [-0.4, -0.2) is 12.6 Å². The molecule has 0 aliphatic carbocycles. The van der Waals surface area contributed by atoms with Crippen molar-refractivity contribution in [3.63, 3.8) is 0 Å². The zero-order valence-corrected chi connectivity index (χ0v) is 14.9. The highest BCUT2D eigenvalue weighted by molar-refractivity contribution is 5.75. The summed E-state index contributed by atoms with van der Waals surface area (Å²) >= 11 is 0. The second kappa shape index (κ2) is 7.86. The van der Waals surface area contributed by atoms with Gasteiger partial charge in [0.05, 0.1) is 13.0 Å². The van der Waals surface area contributed by atoms with E-state index in [2.05, 4.69) is 38.2 Å². The van der Waals surface area contributed by atoms with Crippen molar-refractivity contribution in [3.05, 3.63) is 58.1 Å². The van der Waals surface area contributed by atoms with Crippen molar-refractivity contribution >= 4 is 17.3 Å². The number of carbonyl (C=O) groups is 1. The van der Waals surface area contributed by atoms with Crippen LogP contribution >= 0.6 is 0 Å². The van der Waals surface area contributed by atoms with E-state index in [1.165, 1.54) is 22.3 Å². The summed E-state index contributed by atoms with van der Waals surface area (Å²) < 4.78 is 4.96. The van der Waals surface area contributed by atoms with Gasteiger partial charge in [-0.25, -0.2) is 0 Å². The van der Waals surface area contributed by atoms with Gasteiger partial charge in [0.15, 0.2) is 0 Å². The first-order valence-corrected chi connectivity index (χ1v) is 8.25. The fourth-order valence-corrected chi connectivity index (χ4v) is 2.91. The van der Waals surface area contributed by atoms with E-state index in [1.807, 2.05) is 18.2 Å². The summed E-state index contributed by atoms with van der Waals surface area (Å²) in [6.07, 6.45) is 0.204. The molecule has 0 unspecified atom stereocenters. The molecule has 2 aromatic rings. The number of hydrogen-bond donors (Lipinski definition) is 2. The van der Waals surface area contributed by atoms with Gasteiger partial charge in [0.2, 0.25) is 0 Å². The minimum absolute atomic E-state index is 0.204. The van der Waals surface area contributed by atoms with Crippen LogP contribution < -0.4 is 11.1 Å². The predicted octanol–water partition coefficient (Wildman–Crippen LogP) is 3.91. The summed E-state index contributed by atoms with van der Waals surface area (Å²) in [5.41, 5.74) is 13.6. The number of anilines is 2. The number of nitrogens with two attached hydrogens (primary N) is 1. The molecule has 0 heterocycles. The number of nitrogens with one attached hydrogen (secondary N) is 1. The SMILES string of the molecule is CCOC(=O)Cc1ccc(NCc2c(C)cc(C)cc2C)cc1N. The van der Waals surface area contributed by atoms with Crippen molar-refractivity contribution in [1.29, 1.82) is 0 Å². The van der Waals surface area contributed by atoms with Gasteiger partial charge in [0.25, 0.3) is 0 Å². The molecule has 0 saturated heterocycles. The second-order valence-electron chi connectivity index (χ2n) is 6.13. The minimum atomic E-state index is -0.254. The van der Waals surface area contributed by atoms with Crippen LogP contribution in [0.15, 0.2) is 30.3 Å². The normalized spacial score (nSPS) is 10.5. The Kier molecular flexibility index (Phi) is 5.85. The molecule has 0 fully saturated rings. The zero-order valence-electron chi connectivity index (χ0n) is 14.9. The average molecular weight is 326 g/mol. The monoisotopic (exact) mass is 326 g/mol. The third-order valence-electron chi connectivity index (χ3n) is 4.10. The first-order valence-electron chi connectivity index (χ1n) is 8.25. The number of esters is 1. The van der Waals surface area contributed by atoms with Crippen LogP contribution in [0.5, 0.6) is 0 Å². The Hall–Kier alpha value is -2.49. The van der Waals surface area contributed by atoms with Gasteiger partial charge >= 0.3 is 5.97 Å². The summed E-state index contributed by atoms with van der Waals surface area (Å²) in [5, 5.41) is 3.41. The minimum Gasteiger partial charge on any atom is -0.466 e. The topological polar surface area (TPSA) is 64.3 Å². The maximum Gasteiger partial charge on any atom is 0.310 e. The van der Waals surface area contributed by atoms with E-state index in [1.54, 1.807) is 6.92 Å². The molecule has 0 spiro atoms. The third-order valence-corrected chi connectivity index (χ3v) is 4.10. The zero-order chi connectivity index (χ0) is 17.7. The lowest BCUT2D eigenvalue weighted by molar-refractivity contribution is -0.142. The molecule has 3 N–H and O–H groups in total. The Labute approximate surface area is 144 Å². The molecule has 2 aromatic carbocycles. The molecule has 0 saturated carbocycles. The smallest absolute Gasteiger partial charge is 0.310 e. The lowest BCUT2D eigenvalue weighted by Crippen LogP contribution is -2.10. The highest BCUT2D eigenvalue weighted by Crippen LogP contribution is 2.22. The Balaban J connectivity index is 2.06. The van der Waals surface area contributed by atoms with Gasteiger partial charge in [-0.2, -0.15) is 0 Å². The number of ether oxygens (including phenoxy) is 1. The molecule has 0 amide bonds. The number of hydrogen-bond acceptors (Lipinski definition) is 4. The third kappa shape index (κ3) is 4.51. The van der Waals surface area contributed by atoms with Gasteiger partial charge in [-0.05, 0) is 62.1 Å². The van der Waals surface area contributed by atoms with E-state index in [0.29, 0.717) is 12.3 Å². The molecule has 128 valence electrons. The maximum absolute atomic E-state index is 11.6. The van der Waals surface area contributed by atoms with Gasteiger partial charge in [-0.1, -0.05) is 23.8 Å². The Bertz CT molecular complexity index is 715. The highest BCUT2D eigenvalue weighted by Gasteiger charge is 2.09. The van der Waals surface area contributed by atoms with Crippen LogP contribution in [0.3, 0.4) is 0 Å². The van der Waals surface area contributed by atoms with Crippen LogP contribution in [0, 0.1) is 20.8 Å². The molecular weight excluding hydrogens is 300 g/mol. The molecular formula is C20H26N2O2. The van der Waals surface area contributed by atoms with Crippen molar-refractivity contribution in [2.45, 2.75) is 40.7 Å². The van der Waals surface area contributed by atoms with Crippen LogP contribution in [0.1, 0.15) is 34.7 Å². The van der Waals surface area contributed by atoms with Crippen LogP contribution in [0.4, 0.5) is 11.4 Å². The molecule has 0 aromatic heterocycles. The molecule has 4 nitrogen and oxygen atoms in total. The molecule has 0 aliphatic heterocycles. The van der Waals surface area contributed by atoms with Gasteiger partial charge in [0, 0.05) is 17.9 Å². The van der Waals surface area contributed by atoms with Gasteiger partial charge < -0.3 is 15.8 Å². The Morgan fingerprint density at radius 1 is 1.12 bits per heavy atom. The number of aryl methyl sites for hydroxylation is 3. The molecule has 0 radical (unpaired) electrons. The van der Waals surface area contributed by atoms with Crippen LogP contribution in [-0.2, 0) is 22.5 Å². The quantitative estimate of drug-likeness (QED) is 0.624. The molecule has 0 aliphatic rings. The van der Waals surface area contributed by atoms with Crippen molar-refractivity contribution in [2.75, 3.05) is 17.7 Å². The molecule has 0 bridgehead atoms. The molecule has 2 rings (SSSR count). The van der Waals surface area contributed by atoms with Crippen molar-refractivity contribution in [3.8, 4) is 0 Å². The predicted molar refractivity (Wildman–Crippen MR) is 99.2 cm³/mol. The number of nitrogen functional groups attached to an aromatic ring is 1. The summed E-state index contributed by atoms with van der Waals surface area (Å²) in [7, 11) is 0. The highest BCUT2D eigenvalue weighted by atomic mass is 16.5. The van der Waals surface area contributed by atoms with Crippen LogP contribution in [0.25, 0.3) is 0 Å². The van der Waals surface area contributed by atoms with E-state index in [0.717, 1.165) is 17.8 Å². The lowest BCUT2D eigenvalue weighted by atomic mass is 10.00. The fourth-order valence-electron chi connectivity index (χ4n) is 2.91. The first kappa shape index (κ1) is 17.9. The van der Waals surface area contributed by atoms with Gasteiger partial charge in [0.1, 0.15) is 0 Å². The number of benzene rings is 2. The van der Waals surface area contributed by atoms with Crippen molar-refractivity contribution in [2.24, 2.45) is 0 Å². The molecule has 4 heteroatoms.